The minimum absolute atomic E-state index is 0.0411. The molecule has 2 aromatic carbocycles. The molecule has 1 heterocycles. The lowest BCUT2D eigenvalue weighted by molar-refractivity contribution is -0.185. The van der Waals surface area contributed by atoms with Crippen LogP contribution in [0.15, 0.2) is 54.6 Å². The first-order valence-corrected chi connectivity index (χ1v) is 8.09. The fourth-order valence-corrected chi connectivity index (χ4v) is 3.01. The summed E-state index contributed by atoms with van der Waals surface area (Å²) in [6.45, 7) is 0. The first-order valence-electron chi connectivity index (χ1n) is 7.71. The topological polar surface area (TPSA) is 26.3 Å². The minimum Gasteiger partial charge on any atom is -0.461 e. The second-order valence-electron chi connectivity index (χ2n) is 5.77. The summed E-state index contributed by atoms with van der Waals surface area (Å²) in [7, 11) is 0. The van der Waals surface area contributed by atoms with E-state index >= 15 is 0 Å². The van der Waals surface area contributed by atoms with E-state index in [0.29, 0.717) is 0 Å². The van der Waals surface area contributed by atoms with Crippen LogP contribution in [0.1, 0.15) is 24.0 Å². The van der Waals surface area contributed by atoms with Gasteiger partial charge in [-0.1, -0.05) is 54.1 Å². The van der Waals surface area contributed by atoms with Crippen LogP contribution >= 0.6 is 11.6 Å². The third kappa shape index (κ3) is 3.69. The molecule has 2 aromatic rings. The molecule has 2 atom stereocenters. The predicted octanol–water partition coefficient (Wildman–Crippen LogP) is 4.45. The monoisotopic (exact) mass is 314 g/mol. The van der Waals surface area contributed by atoms with Crippen molar-refractivity contribution < 1.29 is 9.53 Å². The summed E-state index contributed by atoms with van der Waals surface area (Å²) in [6, 6.07) is 18.1. The van der Waals surface area contributed by atoms with E-state index in [1.807, 2.05) is 42.5 Å². The fraction of sp³-hybridized carbons (Fsp3) is 0.316. The van der Waals surface area contributed by atoms with Gasteiger partial charge in [0.2, 0.25) is 0 Å². The van der Waals surface area contributed by atoms with Gasteiger partial charge in [0.15, 0.2) is 0 Å². The molecular weight excluding hydrogens is 296 g/mol. The molecule has 114 valence electrons. The van der Waals surface area contributed by atoms with Crippen LogP contribution in [0.2, 0.25) is 5.02 Å². The number of rotatable bonds is 6. The molecule has 0 aliphatic carbocycles. The maximum atomic E-state index is 11.7. The molecule has 1 saturated heterocycles. The highest BCUT2D eigenvalue weighted by Gasteiger charge is 2.41. The van der Waals surface area contributed by atoms with Crippen molar-refractivity contribution in [1.29, 1.82) is 0 Å². The Kier molecular flexibility index (Phi) is 4.79. The standard InChI is InChI=1S/C19H19ClO2/c20-16-10-6-15(7-11-16)8-12-17-18(22-19(17)21)13-9-14-4-2-1-3-5-14/h1-7,10-11,17-18H,8-9,12-13H2. The fourth-order valence-electron chi connectivity index (χ4n) is 2.89. The van der Waals surface area contributed by atoms with Crippen LogP contribution in [0.3, 0.4) is 0 Å². The molecule has 22 heavy (non-hydrogen) atoms. The van der Waals surface area contributed by atoms with Crippen molar-refractivity contribution >= 4 is 17.6 Å². The summed E-state index contributed by atoms with van der Waals surface area (Å²) in [5.41, 5.74) is 2.51. The average molecular weight is 315 g/mol. The Labute approximate surface area is 136 Å². The SMILES string of the molecule is O=C1OC(CCc2ccccc2)C1CCc1ccc(Cl)cc1. The normalized spacial score (nSPS) is 20.3. The zero-order valence-electron chi connectivity index (χ0n) is 12.4. The first-order chi connectivity index (χ1) is 10.7. The van der Waals surface area contributed by atoms with Crippen molar-refractivity contribution in [3.8, 4) is 0 Å². The predicted molar refractivity (Wildman–Crippen MR) is 87.9 cm³/mol. The van der Waals surface area contributed by atoms with E-state index < -0.39 is 0 Å². The van der Waals surface area contributed by atoms with Gasteiger partial charge in [0.1, 0.15) is 6.10 Å². The number of ether oxygens (including phenoxy) is 1. The Balaban J connectivity index is 1.49. The smallest absolute Gasteiger partial charge is 0.313 e. The van der Waals surface area contributed by atoms with E-state index in [0.717, 1.165) is 30.7 Å². The summed E-state index contributed by atoms with van der Waals surface area (Å²) in [4.78, 5) is 11.7. The highest BCUT2D eigenvalue weighted by atomic mass is 35.5. The van der Waals surface area contributed by atoms with E-state index in [1.54, 1.807) is 0 Å². The molecule has 0 N–H and O–H groups in total. The van der Waals surface area contributed by atoms with Gasteiger partial charge in [-0.3, -0.25) is 4.79 Å². The van der Waals surface area contributed by atoms with Crippen molar-refractivity contribution in [2.75, 3.05) is 0 Å². The Morgan fingerprint density at radius 3 is 2.18 bits per heavy atom. The lowest BCUT2D eigenvalue weighted by Gasteiger charge is -2.35. The number of cyclic esters (lactones) is 1. The van der Waals surface area contributed by atoms with Gasteiger partial charge in [0.25, 0.3) is 0 Å². The number of hydrogen-bond acceptors (Lipinski definition) is 2. The zero-order chi connectivity index (χ0) is 15.4. The highest BCUT2D eigenvalue weighted by Crippen LogP contribution is 2.30. The summed E-state index contributed by atoms with van der Waals surface area (Å²) >= 11 is 5.88. The Morgan fingerprint density at radius 2 is 1.50 bits per heavy atom. The second-order valence-corrected chi connectivity index (χ2v) is 6.21. The molecule has 2 unspecified atom stereocenters. The summed E-state index contributed by atoms with van der Waals surface area (Å²) < 4.78 is 5.32. The number of carbonyl (C=O) groups excluding carboxylic acids is 1. The molecule has 0 radical (unpaired) electrons. The minimum atomic E-state index is -0.0491. The van der Waals surface area contributed by atoms with Gasteiger partial charge in [0.05, 0.1) is 5.92 Å². The lowest BCUT2D eigenvalue weighted by atomic mass is 9.87. The first kappa shape index (κ1) is 15.1. The average Bonchev–Trinajstić information content (AvgIpc) is 2.54. The number of hydrogen-bond donors (Lipinski definition) is 0. The van der Waals surface area contributed by atoms with Crippen molar-refractivity contribution in [2.45, 2.75) is 31.8 Å². The molecule has 2 nitrogen and oxygen atoms in total. The van der Waals surface area contributed by atoms with Gasteiger partial charge in [-0.2, -0.15) is 0 Å². The number of esters is 1. The molecule has 3 heteroatoms. The third-order valence-electron chi connectivity index (χ3n) is 4.24. The number of benzene rings is 2. The van der Waals surface area contributed by atoms with Crippen LogP contribution in [-0.4, -0.2) is 12.1 Å². The van der Waals surface area contributed by atoms with Gasteiger partial charge in [-0.05, 0) is 48.9 Å². The quantitative estimate of drug-likeness (QED) is 0.736. The van der Waals surface area contributed by atoms with Gasteiger partial charge in [-0.15, -0.1) is 0 Å². The molecule has 3 rings (SSSR count). The van der Waals surface area contributed by atoms with Crippen LogP contribution in [0.4, 0.5) is 0 Å². The van der Waals surface area contributed by atoms with Crippen molar-refractivity contribution in [1.82, 2.24) is 0 Å². The Morgan fingerprint density at radius 1 is 0.864 bits per heavy atom. The molecule has 1 aliphatic heterocycles. The van der Waals surface area contributed by atoms with Crippen LogP contribution < -0.4 is 0 Å². The van der Waals surface area contributed by atoms with E-state index in [4.69, 9.17) is 16.3 Å². The number of halogens is 1. The van der Waals surface area contributed by atoms with Gasteiger partial charge in [-0.25, -0.2) is 0 Å². The Bertz CT molecular complexity index is 622. The molecule has 1 aliphatic rings. The number of carbonyl (C=O) groups is 1. The molecule has 0 amide bonds. The maximum Gasteiger partial charge on any atom is 0.313 e. The molecular formula is C19H19ClO2. The lowest BCUT2D eigenvalue weighted by Crippen LogP contribution is -2.45. The molecule has 1 fully saturated rings. The van der Waals surface area contributed by atoms with E-state index in [9.17, 15) is 4.79 Å². The second kappa shape index (κ2) is 6.97. The highest BCUT2D eigenvalue weighted by molar-refractivity contribution is 6.30. The van der Waals surface area contributed by atoms with Crippen LogP contribution in [0.25, 0.3) is 0 Å². The number of aryl methyl sites for hydroxylation is 2. The van der Waals surface area contributed by atoms with Gasteiger partial charge < -0.3 is 4.74 Å². The summed E-state index contributed by atoms with van der Waals surface area (Å²) in [5.74, 6) is -0.00795. The van der Waals surface area contributed by atoms with E-state index in [1.165, 1.54) is 11.1 Å². The zero-order valence-corrected chi connectivity index (χ0v) is 13.1. The van der Waals surface area contributed by atoms with Gasteiger partial charge in [0, 0.05) is 5.02 Å². The maximum absolute atomic E-state index is 11.7. The Hall–Kier alpha value is -1.80. The van der Waals surface area contributed by atoms with Crippen molar-refractivity contribution in [2.24, 2.45) is 5.92 Å². The van der Waals surface area contributed by atoms with Crippen LogP contribution in [0, 0.1) is 5.92 Å². The largest absolute Gasteiger partial charge is 0.461 e. The third-order valence-corrected chi connectivity index (χ3v) is 4.49. The molecule has 0 spiro atoms. The van der Waals surface area contributed by atoms with Crippen molar-refractivity contribution in [3.63, 3.8) is 0 Å². The van der Waals surface area contributed by atoms with Gasteiger partial charge >= 0.3 is 5.97 Å². The molecule has 0 aromatic heterocycles. The molecule has 0 saturated carbocycles. The van der Waals surface area contributed by atoms with E-state index in [2.05, 4.69) is 12.1 Å². The summed E-state index contributed by atoms with van der Waals surface area (Å²) in [5, 5.41) is 0.743. The molecule has 0 bridgehead atoms. The van der Waals surface area contributed by atoms with Crippen LogP contribution in [-0.2, 0) is 22.4 Å². The van der Waals surface area contributed by atoms with E-state index in [-0.39, 0.29) is 18.0 Å². The summed E-state index contributed by atoms with van der Waals surface area (Å²) in [6.07, 6.45) is 3.66. The van der Waals surface area contributed by atoms with Crippen molar-refractivity contribution in [3.05, 3.63) is 70.7 Å². The van der Waals surface area contributed by atoms with Crippen LogP contribution in [0.5, 0.6) is 0 Å².